The van der Waals surface area contributed by atoms with Crippen LogP contribution in [0.25, 0.3) is 0 Å². The Labute approximate surface area is 104 Å². The maximum absolute atomic E-state index is 13.2. The molecule has 1 aromatic heterocycles. The van der Waals surface area contributed by atoms with E-state index in [1.54, 1.807) is 12.3 Å². The van der Waals surface area contributed by atoms with Gasteiger partial charge in [0, 0.05) is 6.20 Å². The quantitative estimate of drug-likeness (QED) is 0.798. The molecule has 0 fully saturated rings. The van der Waals surface area contributed by atoms with Gasteiger partial charge in [-0.3, -0.25) is 4.79 Å². The molecule has 0 atom stereocenters. The molecule has 3 N–H and O–H groups in total. The van der Waals surface area contributed by atoms with Crippen molar-refractivity contribution in [2.24, 2.45) is 0 Å². The van der Waals surface area contributed by atoms with E-state index in [-0.39, 0.29) is 11.3 Å². The van der Waals surface area contributed by atoms with Gasteiger partial charge in [0.25, 0.3) is 5.91 Å². The maximum Gasteiger partial charge on any atom is 0.259 e. The van der Waals surface area contributed by atoms with E-state index in [1.165, 1.54) is 18.2 Å². The fraction of sp³-hybridized carbons (Fsp3) is 0.0769. The highest BCUT2D eigenvalue weighted by Crippen LogP contribution is 2.18. The molecule has 0 aliphatic heterocycles. The number of carbonyl (C=O) groups excluding carboxylic acids is 1. The summed E-state index contributed by atoms with van der Waals surface area (Å²) < 4.78 is 13.2. The molecule has 18 heavy (non-hydrogen) atoms. The minimum absolute atomic E-state index is 0.0973. The molecule has 1 aromatic carbocycles. The molecule has 0 radical (unpaired) electrons. The second-order valence-corrected chi connectivity index (χ2v) is 3.82. The Hall–Kier alpha value is -2.43. The van der Waals surface area contributed by atoms with Gasteiger partial charge < -0.3 is 11.1 Å². The first-order valence-electron chi connectivity index (χ1n) is 5.36. The first kappa shape index (κ1) is 12.0. The van der Waals surface area contributed by atoms with E-state index in [1.807, 2.05) is 13.0 Å². The van der Waals surface area contributed by atoms with Crippen LogP contribution in [0, 0.1) is 12.7 Å². The molecule has 0 aliphatic rings. The molecule has 0 saturated heterocycles. The number of nitrogens with two attached hydrogens (primary N) is 1. The molecular weight excluding hydrogens is 233 g/mol. The number of aromatic nitrogens is 1. The van der Waals surface area contributed by atoms with E-state index >= 15 is 0 Å². The van der Waals surface area contributed by atoms with Crippen LogP contribution in [-0.4, -0.2) is 10.9 Å². The Morgan fingerprint density at radius 2 is 2.11 bits per heavy atom. The van der Waals surface area contributed by atoms with Crippen molar-refractivity contribution in [1.82, 2.24) is 4.98 Å². The van der Waals surface area contributed by atoms with Crippen molar-refractivity contribution in [1.29, 1.82) is 0 Å². The number of carbonyl (C=O) groups is 1. The van der Waals surface area contributed by atoms with Gasteiger partial charge in [0.05, 0.1) is 11.3 Å². The first-order valence-corrected chi connectivity index (χ1v) is 5.36. The van der Waals surface area contributed by atoms with Crippen molar-refractivity contribution in [3.05, 3.63) is 53.5 Å². The minimum atomic E-state index is -0.611. The van der Waals surface area contributed by atoms with Crippen LogP contribution in [0.5, 0.6) is 0 Å². The van der Waals surface area contributed by atoms with Crippen LogP contribution in [0.1, 0.15) is 15.9 Å². The van der Waals surface area contributed by atoms with Gasteiger partial charge in [0.15, 0.2) is 0 Å². The molecule has 0 spiro atoms. The van der Waals surface area contributed by atoms with Gasteiger partial charge >= 0.3 is 0 Å². The highest BCUT2D eigenvalue weighted by atomic mass is 19.1. The van der Waals surface area contributed by atoms with Crippen molar-refractivity contribution in [2.45, 2.75) is 6.92 Å². The van der Waals surface area contributed by atoms with E-state index in [4.69, 9.17) is 5.73 Å². The number of anilines is 2. The van der Waals surface area contributed by atoms with Crippen molar-refractivity contribution in [3.63, 3.8) is 0 Å². The molecule has 92 valence electrons. The van der Waals surface area contributed by atoms with E-state index in [2.05, 4.69) is 10.3 Å². The molecule has 0 aliphatic carbocycles. The lowest BCUT2D eigenvalue weighted by Crippen LogP contribution is -2.16. The maximum atomic E-state index is 13.2. The van der Waals surface area contributed by atoms with Crippen molar-refractivity contribution in [3.8, 4) is 0 Å². The summed E-state index contributed by atoms with van der Waals surface area (Å²) in [6.07, 6.45) is 1.57. The lowest BCUT2D eigenvalue weighted by atomic mass is 10.1. The number of rotatable bonds is 2. The SMILES string of the molecule is Cc1cccnc1NC(=O)c1cccc(F)c1N. The molecule has 4 nitrogen and oxygen atoms in total. The first-order chi connectivity index (χ1) is 8.59. The van der Waals surface area contributed by atoms with Crippen LogP contribution in [-0.2, 0) is 0 Å². The summed E-state index contributed by atoms with van der Waals surface area (Å²) in [6, 6.07) is 7.69. The summed E-state index contributed by atoms with van der Waals surface area (Å²) in [5.41, 5.74) is 6.27. The molecule has 0 unspecified atom stereocenters. The average molecular weight is 245 g/mol. The monoisotopic (exact) mass is 245 g/mol. The van der Waals surface area contributed by atoms with Crippen molar-refractivity contribution < 1.29 is 9.18 Å². The number of benzene rings is 1. The van der Waals surface area contributed by atoms with E-state index < -0.39 is 11.7 Å². The fourth-order valence-electron chi connectivity index (χ4n) is 1.53. The van der Waals surface area contributed by atoms with Gasteiger partial charge in [0.1, 0.15) is 11.6 Å². The van der Waals surface area contributed by atoms with Crippen molar-refractivity contribution in [2.75, 3.05) is 11.1 Å². The van der Waals surface area contributed by atoms with Crippen LogP contribution in [0.2, 0.25) is 0 Å². The Bertz CT molecular complexity index is 599. The second kappa shape index (κ2) is 4.83. The molecule has 2 rings (SSSR count). The minimum Gasteiger partial charge on any atom is -0.396 e. The average Bonchev–Trinajstić information content (AvgIpc) is 2.35. The molecule has 1 amide bonds. The number of amides is 1. The zero-order valence-electron chi connectivity index (χ0n) is 9.77. The van der Waals surface area contributed by atoms with E-state index in [0.717, 1.165) is 5.56 Å². The number of para-hydroxylation sites is 1. The summed E-state index contributed by atoms with van der Waals surface area (Å²) >= 11 is 0. The van der Waals surface area contributed by atoms with Gasteiger partial charge in [0.2, 0.25) is 0 Å². The molecule has 0 bridgehead atoms. The number of pyridine rings is 1. The standard InChI is InChI=1S/C13H12FN3O/c1-8-4-3-7-16-12(8)17-13(18)9-5-2-6-10(14)11(9)15/h2-7H,15H2,1H3,(H,16,17,18). The van der Waals surface area contributed by atoms with E-state index in [9.17, 15) is 9.18 Å². The third-order valence-corrected chi connectivity index (χ3v) is 2.54. The van der Waals surface area contributed by atoms with Crippen LogP contribution >= 0.6 is 0 Å². The zero-order chi connectivity index (χ0) is 13.1. The van der Waals surface area contributed by atoms with Crippen LogP contribution in [0.15, 0.2) is 36.5 Å². The number of hydrogen-bond donors (Lipinski definition) is 2. The fourth-order valence-corrected chi connectivity index (χ4v) is 1.53. The predicted octanol–water partition coefficient (Wildman–Crippen LogP) is 2.36. The van der Waals surface area contributed by atoms with Crippen LogP contribution in [0.3, 0.4) is 0 Å². The third kappa shape index (κ3) is 2.29. The Morgan fingerprint density at radius 3 is 2.83 bits per heavy atom. The summed E-state index contributed by atoms with van der Waals surface area (Å²) in [5.74, 6) is -0.652. The smallest absolute Gasteiger partial charge is 0.259 e. The largest absolute Gasteiger partial charge is 0.396 e. The summed E-state index contributed by atoms with van der Waals surface area (Å²) in [6.45, 7) is 1.82. The number of nitrogens with one attached hydrogen (secondary N) is 1. The lowest BCUT2D eigenvalue weighted by Gasteiger charge is -2.08. The van der Waals surface area contributed by atoms with Gasteiger partial charge in [-0.1, -0.05) is 12.1 Å². The Kier molecular flexibility index (Phi) is 3.23. The van der Waals surface area contributed by atoms with Crippen LogP contribution < -0.4 is 11.1 Å². The molecule has 0 saturated carbocycles. The highest BCUT2D eigenvalue weighted by molar-refractivity contribution is 6.07. The molecule has 2 aromatic rings. The normalized spacial score (nSPS) is 10.1. The zero-order valence-corrected chi connectivity index (χ0v) is 9.77. The van der Waals surface area contributed by atoms with E-state index in [0.29, 0.717) is 5.82 Å². The molecule has 5 heteroatoms. The van der Waals surface area contributed by atoms with Gasteiger partial charge in [-0.05, 0) is 30.7 Å². The summed E-state index contributed by atoms with van der Waals surface area (Å²) in [7, 11) is 0. The number of halogens is 1. The number of hydrogen-bond acceptors (Lipinski definition) is 3. The second-order valence-electron chi connectivity index (χ2n) is 3.82. The number of nitrogens with zero attached hydrogens (tertiary/aromatic N) is 1. The molecule has 1 heterocycles. The molecular formula is C13H12FN3O. The van der Waals surface area contributed by atoms with Gasteiger partial charge in [-0.2, -0.15) is 0 Å². The van der Waals surface area contributed by atoms with Crippen molar-refractivity contribution >= 4 is 17.4 Å². The third-order valence-electron chi connectivity index (χ3n) is 2.54. The topological polar surface area (TPSA) is 68.0 Å². The predicted molar refractivity (Wildman–Crippen MR) is 67.7 cm³/mol. The number of aryl methyl sites for hydroxylation is 1. The van der Waals surface area contributed by atoms with Gasteiger partial charge in [-0.25, -0.2) is 9.37 Å². The Morgan fingerprint density at radius 1 is 1.33 bits per heavy atom. The highest BCUT2D eigenvalue weighted by Gasteiger charge is 2.13. The number of nitrogen functional groups attached to an aromatic ring is 1. The lowest BCUT2D eigenvalue weighted by molar-refractivity contribution is 0.102. The Balaban J connectivity index is 2.28. The van der Waals surface area contributed by atoms with Gasteiger partial charge in [-0.15, -0.1) is 0 Å². The van der Waals surface area contributed by atoms with Crippen LogP contribution in [0.4, 0.5) is 15.9 Å². The summed E-state index contributed by atoms with van der Waals surface area (Å²) in [4.78, 5) is 16.0. The summed E-state index contributed by atoms with van der Waals surface area (Å²) in [5, 5.41) is 2.60.